The minimum atomic E-state index is -3.70. The van der Waals surface area contributed by atoms with Gasteiger partial charge in [0.15, 0.2) is 0 Å². The van der Waals surface area contributed by atoms with E-state index in [1.165, 1.54) is 11.3 Å². The zero-order chi connectivity index (χ0) is 14.6. The highest BCUT2D eigenvalue weighted by Gasteiger charge is 2.31. The van der Waals surface area contributed by atoms with E-state index < -0.39 is 12.7 Å². The topological polar surface area (TPSA) is 89.8 Å². The van der Waals surface area contributed by atoms with E-state index in [4.69, 9.17) is 0 Å². The molecule has 1 aromatic heterocycles. The summed E-state index contributed by atoms with van der Waals surface area (Å²) >= 11 is 1.44. The summed E-state index contributed by atoms with van der Waals surface area (Å²) in [6.07, 6.45) is 0.132. The fourth-order valence-electron chi connectivity index (χ4n) is 1.91. The van der Waals surface area contributed by atoms with E-state index >= 15 is 0 Å². The minimum Gasteiger partial charge on any atom is -0.558 e. The van der Waals surface area contributed by atoms with Gasteiger partial charge in [-0.2, -0.15) is 0 Å². The molecule has 0 aliphatic heterocycles. The van der Waals surface area contributed by atoms with Crippen LogP contribution in [0.25, 0.3) is 0 Å². The van der Waals surface area contributed by atoms with Crippen LogP contribution in [0.1, 0.15) is 16.4 Å². The summed E-state index contributed by atoms with van der Waals surface area (Å²) in [5, 5.41) is 32.7. The van der Waals surface area contributed by atoms with Gasteiger partial charge in [0.25, 0.3) is 0 Å². The summed E-state index contributed by atoms with van der Waals surface area (Å²) in [7, 11) is 0. The molecule has 20 heavy (non-hydrogen) atoms. The van der Waals surface area contributed by atoms with Gasteiger partial charge in [0, 0.05) is 10.8 Å². The quantitative estimate of drug-likeness (QED) is 0.608. The van der Waals surface area contributed by atoms with Crippen molar-refractivity contribution in [2.24, 2.45) is 0 Å². The molecule has 0 radical (unpaired) electrons. The maximum atomic E-state index is 11.9. The molecule has 5 nitrogen and oxygen atoms in total. The van der Waals surface area contributed by atoms with E-state index in [0.29, 0.717) is 5.56 Å². The number of hydrogen-bond donors (Lipinski definition) is 4. The van der Waals surface area contributed by atoms with Crippen LogP contribution in [0.2, 0.25) is 0 Å². The van der Waals surface area contributed by atoms with Crippen molar-refractivity contribution in [3.05, 3.63) is 58.3 Å². The van der Waals surface area contributed by atoms with E-state index in [1.54, 1.807) is 30.3 Å². The number of thiophene rings is 1. The summed E-state index contributed by atoms with van der Waals surface area (Å²) in [6.45, 7) is -3.70. The molecule has 7 heteroatoms. The molecule has 2 rings (SSSR count). The Hall–Kier alpha value is -1.67. The van der Waals surface area contributed by atoms with Crippen molar-refractivity contribution in [2.45, 2.75) is 12.4 Å². The van der Waals surface area contributed by atoms with Gasteiger partial charge >= 0.3 is 6.75 Å². The molecule has 0 spiro atoms. The molecule has 0 saturated heterocycles. The van der Waals surface area contributed by atoms with Gasteiger partial charge < -0.3 is 20.4 Å². The van der Waals surface area contributed by atoms with E-state index in [2.05, 4.69) is 5.32 Å². The SMILES string of the molecule is O=C(Cc1cccs1)N[C@@H](c1ccccc1)[B-](O)(O)O. The number of nitrogens with one attached hydrogen (secondary N) is 1. The Morgan fingerprint density at radius 1 is 1.15 bits per heavy atom. The van der Waals surface area contributed by atoms with Crippen LogP contribution < -0.4 is 5.32 Å². The normalized spacial score (nSPS) is 12.9. The molecule has 0 aliphatic rings. The van der Waals surface area contributed by atoms with Crippen LogP contribution in [0.5, 0.6) is 0 Å². The van der Waals surface area contributed by atoms with Crippen LogP contribution in [-0.4, -0.2) is 27.7 Å². The van der Waals surface area contributed by atoms with E-state index in [0.717, 1.165) is 4.88 Å². The van der Waals surface area contributed by atoms with Crippen molar-refractivity contribution < 1.29 is 19.9 Å². The van der Waals surface area contributed by atoms with Gasteiger partial charge in [-0.25, -0.2) is 0 Å². The van der Waals surface area contributed by atoms with Crippen LogP contribution in [0.3, 0.4) is 0 Å². The molecule has 1 aromatic carbocycles. The number of carbonyl (C=O) groups is 1. The van der Waals surface area contributed by atoms with Crippen molar-refractivity contribution in [1.29, 1.82) is 0 Å². The molecule has 1 heterocycles. The number of amides is 1. The number of rotatable bonds is 5. The monoisotopic (exact) mass is 292 g/mol. The van der Waals surface area contributed by atoms with Crippen LogP contribution in [-0.2, 0) is 11.2 Å². The van der Waals surface area contributed by atoms with Gasteiger partial charge in [-0.1, -0.05) is 42.0 Å². The Bertz CT molecular complexity index is 554. The van der Waals surface area contributed by atoms with Gasteiger partial charge in [-0.15, -0.1) is 11.3 Å². The Labute approximate surface area is 120 Å². The second-order valence-corrected chi connectivity index (χ2v) is 5.54. The predicted molar refractivity (Wildman–Crippen MR) is 77.8 cm³/mol. The van der Waals surface area contributed by atoms with Crippen molar-refractivity contribution >= 4 is 24.0 Å². The number of carbonyl (C=O) groups excluding carboxylic acids is 1. The van der Waals surface area contributed by atoms with Crippen LogP contribution >= 0.6 is 11.3 Å². The largest absolute Gasteiger partial charge is 0.558 e. The van der Waals surface area contributed by atoms with E-state index in [9.17, 15) is 19.9 Å². The average molecular weight is 292 g/mol. The molecule has 4 N–H and O–H groups in total. The summed E-state index contributed by atoms with van der Waals surface area (Å²) in [6, 6.07) is 12.0. The van der Waals surface area contributed by atoms with E-state index in [1.807, 2.05) is 17.5 Å². The third-order valence-corrected chi connectivity index (χ3v) is 3.71. The summed E-state index contributed by atoms with van der Waals surface area (Å²) < 4.78 is 0. The zero-order valence-electron chi connectivity index (χ0n) is 10.6. The van der Waals surface area contributed by atoms with Crippen LogP contribution in [0.4, 0.5) is 0 Å². The molecule has 0 bridgehead atoms. The Balaban J connectivity index is 2.11. The number of benzene rings is 1. The lowest BCUT2D eigenvalue weighted by molar-refractivity contribution is -0.121. The molecule has 0 saturated carbocycles. The van der Waals surface area contributed by atoms with Crippen molar-refractivity contribution in [3.63, 3.8) is 0 Å². The maximum Gasteiger partial charge on any atom is 0.398 e. The minimum absolute atomic E-state index is 0.132. The van der Waals surface area contributed by atoms with Crippen LogP contribution in [0, 0.1) is 0 Å². The average Bonchev–Trinajstić information content (AvgIpc) is 2.88. The van der Waals surface area contributed by atoms with Gasteiger partial charge in [0.1, 0.15) is 0 Å². The van der Waals surface area contributed by atoms with Gasteiger partial charge in [-0.05, 0) is 11.4 Å². The first-order valence-electron chi connectivity index (χ1n) is 6.15. The lowest BCUT2D eigenvalue weighted by Gasteiger charge is -2.33. The molecule has 1 amide bonds. The molecule has 106 valence electrons. The maximum absolute atomic E-state index is 11.9. The molecule has 0 unspecified atom stereocenters. The zero-order valence-corrected chi connectivity index (χ0v) is 11.5. The van der Waals surface area contributed by atoms with Crippen molar-refractivity contribution in [3.8, 4) is 0 Å². The Morgan fingerprint density at radius 3 is 2.40 bits per heavy atom. The molecular weight excluding hydrogens is 277 g/mol. The first-order valence-corrected chi connectivity index (χ1v) is 7.03. The molecule has 0 fully saturated rings. The van der Waals surface area contributed by atoms with Gasteiger partial charge in [0.2, 0.25) is 5.91 Å². The van der Waals surface area contributed by atoms with Crippen molar-refractivity contribution in [1.82, 2.24) is 5.32 Å². The highest BCUT2D eigenvalue weighted by atomic mass is 32.1. The summed E-state index contributed by atoms with van der Waals surface area (Å²) in [5.74, 6) is -1.63. The Morgan fingerprint density at radius 2 is 1.85 bits per heavy atom. The van der Waals surface area contributed by atoms with Gasteiger partial charge in [0.05, 0.1) is 6.42 Å². The van der Waals surface area contributed by atoms with Gasteiger partial charge in [-0.3, -0.25) is 4.79 Å². The predicted octanol–water partition coefficient (Wildman–Crippen LogP) is 0.603. The second-order valence-electron chi connectivity index (χ2n) is 4.51. The summed E-state index contributed by atoms with van der Waals surface area (Å²) in [5.41, 5.74) is 0.430. The molecular formula is C13H15BNO4S-. The highest BCUT2D eigenvalue weighted by Crippen LogP contribution is 2.19. The fraction of sp³-hybridized carbons (Fsp3) is 0.154. The number of hydrogen-bond acceptors (Lipinski definition) is 5. The summed E-state index contributed by atoms with van der Waals surface area (Å²) in [4.78, 5) is 12.8. The first-order chi connectivity index (χ1) is 9.47. The standard InChI is InChI=1S/C13H15BNO4S/c16-12(9-11-7-4-8-20-11)15-13(14(17,18)19)10-5-2-1-3-6-10/h1-8,13,17-19H,9H2,(H,15,16)/q-1/t13-/m0/s1. The molecule has 1 atom stereocenters. The first kappa shape index (κ1) is 14.7. The highest BCUT2D eigenvalue weighted by molar-refractivity contribution is 7.10. The lowest BCUT2D eigenvalue weighted by Crippen LogP contribution is -2.51. The molecule has 0 aliphatic carbocycles. The second kappa shape index (κ2) is 6.19. The third-order valence-electron chi connectivity index (χ3n) is 2.84. The molecule has 2 aromatic rings. The van der Waals surface area contributed by atoms with Crippen LogP contribution in [0.15, 0.2) is 47.8 Å². The van der Waals surface area contributed by atoms with Crippen molar-refractivity contribution in [2.75, 3.05) is 0 Å². The smallest absolute Gasteiger partial charge is 0.398 e. The fourth-order valence-corrected chi connectivity index (χ4v) is 2.61. The third kappa shape index (κ3) is 3.91. The lowest BCUT2D eigenvalue weighted by atomic mass is 9.66. The van der Waals surface area contributed by atoms with E-state index in [-0.39, 0.29) is 12.3 Å². The Kier molecular flexibility index (Phi) is 4.56.